The zero-order valence-corrected chi connectivity index (χ0v) is 16.5. The van der Waals surface area contributed by atoms with Crippen molar-refractivity contribution >= 4 is 57.4 Å². The normalized spacial score (nSPS) is 10.6. The molecule has 2 aromatic heterocycles. The average molecular weight is 424 g/mol. The van der Waals surface area contributed by atoms with Gasteiger partial charge in [0.2, 0.25) is 0 Å². The zero-order valence-electron chi connectivity index (χ0n) is 14.2. The second kappa shape index (κ2) is 8.56. The Balaban J connectivity index is 1.63. The minimum absolute atomic E-state index is 0.237. The van der Waals surface area contributed by atoms with Crippen LogP contribution in [0.1, 0.15) is 10.6 Å². The number of hydrogen-bond donors (Lipinski definition) is 2. The quantitative estimate of drug-likeness (QED) is 0.640. The highest BCUT2D eigenvalue weighted by atomic mass is 35.5. The number of aryl methyl sites for hydroxylation is 1. The highest BCUT2D eigenvalue weighted by Gasteiger charge is 2.15. The van der Waals surface area contributed by atoms with Gasteiger partial charge in [0.25, 0.3) is 5.91 Å². The minimum atomic E-state index is -0.606. The molecule has 0 saturated heterocycles. The van der Waals surface area contributed by atoms with Gasteiger partial charge in [0.15, 0.2) is 12.4 Å². The van der Waals surface area contributed by atoms with E-state index < -0.39 is 18.5 Å². The van der Waals surface area contributed by atoms with Crippen molar-refractivity contribution in [1.82, 2.24) is 15.6 Å². The first-order valence-corrected chi connectivity index (χ1v) is 9.56. The van der Waals surface area contributed by atoms with Crippen LogP contribution < -0.4 is 15.4 Å². The van der Waals surface area contributed by atoms with Gasteiger partial charge in [-0.3, -0.25) is 10.1 Å². The minimum Gasteiger partial charge on any atom is -0.480 e. The van der Waals surface area contributed by atoms with Crippen molar-refractivity contribution < 1.29 is 14.3 Å². The van der Waals surface area contributed by atoms with Crippen LogP contribution in [-0.2, 0) is 11.3 Å². The lowest BCUT2D eigenvalue weighted by Crippen LogP contribution is -2.41. The smallest absolute Gasteiger partial charge is 0.321 e. The van der Waals surface area contributed by atoms with E-state index in [0.717, 1.165) is 10.6 Å². The summed E-state index contributed by atoms with van der Waals surface area (Å²) in [5.74, 6) is -0.362. The van der Waals surface area contributed by atoms with E-state index in [1.165, 1.54) is 17.4 Å². The number of ether oxygens (including phenoxy) is 1. The number of hydrogen-bond acceptors (Lipinski definition) is 5. The van der Waals surface area contributed by atoms with E-state index in [9.17, 15) is 9.59 Å². The lowest BCUT2D eigenvalue weighted by atomic mass is 10.2. The zero-order chi connectivity index (χ0) is 19.4. The first-order chi connectivity index (χ1) is 12.9. The second-order valence-corrected chi connectivity index (χ2v) is 7.46. The number of aromatic nitrogens is 1. The van der Waals surface area contributed by atoms with Crippen LogP contribution in [0.4, 0.5) is 4.79 Å². The fourth-order valence-corrected chi connectivity index (χ4v) is 3.57. The largest absolute Gasteiger partial charge is 0.480 e. The van der Waals surface area contributed by atoms with Crippen molar-refractivity contribution in [2.45, 2.75) is 13.5 Å². The number of halogens is 2. The maximum absolute atomic E-state index is 12.0. The van der Waals surface area contributed by atoms with Crippen molar-refractivity contribution in [1.29, 1.82) is 0 Å². The van der Waals surface area contributed by atoms with Crippen LogP contribution >= 0.6 is 34.5 Å². The number of thiophene rings is 1. The van der Waals surface area contributed by atoms with Crippen molar-refractivity contribution in [3.8, 4) is 5.75 Å². The van der Waals surface area contributed by atoms with Crippen molar-refractivity contribution in [2.24, 2.45) is 0 Å². The lowest BCUT2D eigenvalue weighted by molar-refractivity contribution is -0.121. The van der Waals surface area contributed by atoms with Crippen LogP contribution in [0.2, 0.25) is 10.0 Å². The molecule has 2 N–H and O–H groups in total. The van der Waals surface area contributed by atoms with Crippen molar-refractivity contribution in [3.63, 3.8) is 0 Å². The molecule has 3 aromatic rings. The Bertz CT molecular complexity index is 993. The van der Waals surface area contributed by atoms with E-state index in [-0.39, 0.29) is 10.8 Å². The molecule has 0 spiro atoms. The molecule has 27 heavy (non-hydrogen) atoms. The number of fused-ring (bicyclic) bond motifs is 1. The Labute approximate surface area is 169 Å². The monoisotopic (exact) mass is 423 g/mol. The number of urea groups is 1. The molecule has 0 aliphatic rings. The van der Waals surface area contributed by atoms with Crippen molar-refractivity contribution in [3.05, 3.63) is 56.3 Å². The van der Waals surface area contributed by atoms with E-state index in [1.54, 1.807) is 6.07 Å². The van der Waals surface area contributed by atoms with E-state index >= 15 is 0 Å². The van der Waals surface area contributed by atoms with Gasteiger partial charge in [-0.15, -0.1) is 11.3 Å². The molecule has 1 aromatic carbocycles. The third-order valence-corrected chi connectivity index (χ3v) is 5.05. The molecule has 0 radical (unpaired) electrons. The maximum Gasteiger partial charge on any atom is 0.321 e. The fourth-order valence-electron chi connectivity index (χ4n) is 2.35. The summed E-state index contributed by atoms with van der Waals surface area (Å²) in [4.78, 5) is 29.1. The standard InChI is InChI=1S/C18H15Cl2N3O3S/c1-10-4-5-12-13(19)7-14(20)17(16(12)22-10)26-9-15(24)23-18(25)21-8-11-3-2-6-27-11/h2-7H,8-9H2,1H3,(H2,21,23,24,25). The number of pyridine rings is 1. The molecule has 0 aliphatic carbocycles. The van der Waals surface area contributed by atoms with Crippen LogP contribution in [0.25, 0.3) is 10.9 Å². The summed E-state index contributed by atoms with van der Waals surface area (Å²) >= 11 is 13.9. The van der Waals surface area contributed by atoms with Gasteiger partial charge in [0, 0.05) is 16.0 Å². The first-order valence-electron chi connectivity index (χ1n) is 7.92. The molecule has 2 heterocycles. The van der Waals surface area contributed by atoms with E-state index in [4.69, 9.17) is 27.9 Å². The number of benzene rings is 1. The fraction of sp³-hybridized carbons (Fsp3) is 0.167. The third kappa shape index (κ3) is 4.88. The lowest BCUT2D eigenvalue weighted by Gasteiger charge is -2.12. The molecule has 0 saturated carbocycles. The Morgan fingerprint density at radius 2 is 2.04 bits per heavy atom. The average Bonchev–Trinajstić information content (AvgIpc) is 3.13. The summed E-state index contributed by atoms with van der Waals surface area (Å²) in [6.07, 6.45) is 0. The molecule has 0 unspecified atom stereocenters. The Hall–Kier alpha value is -2.35. The predicted octanol–water partition coefficient (Wildman–Crippen LogP) is 4.32. The molecule has 3 rings (SSSR count). The number of nitrogens with zero attached hydrogens (tertiary/aromatic N) is 1. The number of amides is 3. The molecule has 0 atom stereocenters. The van der Waals surface area contributed by atoms with E-state index in [2.05, 4.69) is 15.6 Å². The molecule has 0 aliphatic heterocycles. The SMILES string of the molecule is Cc1ccc2c(Cl)cc(Cl)c(OCC(=O)NC(=O)NCc3cccs3)c2n1. The predicted molar refractivity (Wildman–Crippen MR) is 107 cm³/mol. The van der Waals surface area contributed by atoms with Gasteiger partial charge in [0.05, 0.1) is 16.6 Å². The van der Waals surface area contributed by atoms with E-state index in [0.29, 0.717) is 22.5 Å². The molecule has 3 amide bonds. The van der Waals surface area contributed by atoms with Gasteiger partial charge in [0.1, 0.15) is 5.52 Å². The summed E-state index contributed by atoms with van der Waals surface area (Å²) in [6.45, 7) is 1.77. The summed E-state index contributed by atoms with van der Waals surface area (Å²) in [5.41, 5.74) is 1.21. The van der Waals surface area contributed by atoms with Crippen LogP contribution in [-0.4, -0.2) is 23.5 Å². The highest BCUT2D eigenvalue weighted by Crippen LogP contribution is 2.37. The van der Waals surface area contributed by atoms with Gasteiger partial charge < -0.3 is 10.1 Å². The number of nitrogens with one attached hydrogen (secondary N) is 2. The Morgan fingerprint density at radius 1 is 1.22 bits per heavy atom. The van der Waals surface area contributed by atoms with Crippen LogP contribution in [0.15, 0.2) is 35.7 Å². The summed E-state index contributed by atoms with van der Waals surface area (Å²) < 4.78 is 5.53. The molecular weight excluding hydrogens is 409 g/mol. The third-order valence-electron chi connectivity index (χ3n) is 3.58. The molecular formula is C18H15Cl2N3O3S. The van der Waals surface area contributed by atoms with Crippen molar-refractivity contribution in [2.75, 3.05) is 6.61 Å². The van der Waals surface area contributed by atoms with Gasteiger partial charge in [-0.05, 0) is 36.6 Å². The van der Waals surface area contributed by atoms with Gasteiger partial charge in [-0.2, -0.15) is 0 Å². The van der Waals surface area contributed by atoms with Gasteiger partial charge in [-0.1, -0.05) is 29.3 Å². The van der Waals surface area contributed by atoms with Crippen LogP contribution in [0.3, 0.4) is 0 Å². The summed E-state index contributed by atoms with van der Waals surface area (Å²) in [5, 5.41) is 8.05. The molecule has 6 nitrogen and oxygen atoms in total. The molecule has 9 heteroatoms. The maximum atomic E-state index is 12.0. The van der Waals surface area contributed by atoms with E-state index in [1.807, 2.05) is 30.5 Å². The number of carbonyl (C=O) groups excluding carboxylic acids is 2. The second-order valence-electron chi connectivity index (χ2n) is 5.62. The Kier molecular flexibility index (Phi) is 6.15. The number of imide groups is 1. The number of rotatable bonds is 5. The Morgan fingerprint density at radius 3 is 2.78 bits per heavy atom. The summed E-state index contributed by atoms with van der Waals surface area (Å²) in [7, 11) is 0. The van der Waals surface area contributed by atoms with Crippen LogP contribution in [0, 0.1) is 6.92 Å². The molecule has 140 valence electrons. The highest BCUT2D eigenvalue weighted by molar-refractivity contribution is 7.09. The van der Waals surface area contributed by atoms with Crippen LogP contribution in [0.5, 0.6) is 5.75 Å². The first kappa shape index (κ1) is 19.4. The van der Waals surface area contributed by atoms with Gasteiger partial charge >= 0.3 is 6.03 Å². The van der Waals surface area contributed by atoms with Gasteiger partial charge in [-0.25, -0.2) is 9.78 Å². The topological polar surface area (TPSA) is 80.3 Å². The molecule has 0 bridgehead atoms. The summed E-state index contributed by atoms with van der Waals surface area (Å²) in [6, 6.07) is 8.33. The number of carbonyl (C=O) groups is 2. The molecule has 0 fully saturated rings.